The zero-order chi connectivity index (χ0) is 16.0. The molecule has 120 valence electrons. The number of hydrogen-bond acceptors (Lipinski definition) is 3. The Morgan fingerprint density at radius 1 is 1.24 bits per heavy atom. The minimum atomic E-state index is -0.870. The fourth-order valence-corrected chi connectivity index (χ4v) is 2.26. The Labute approximate surface area is 125 Å². The van der Waals surface area contributed by atoms with Gasteiger partial charge in [0, 0.05) is 32.6 Å². The molecule has 7 nitrogen and oxygen atoms in total. The first-order valence-corrected chi connectivity index (χ1v) is 7.33. The van der Waals surface area contributed by atoms with Gasteiger partial charge in [0.05, 0.1) is 5.92 Å². The zero-order valence-corrected chi connectivity index (χ0v) is 12.9. The van der Waals surface area contributed by atoms with E-state index in [1.54, 1.807) is 0 Å². The smallest absolute Gasteiger partial charge is 0.317 e. The Kier molecular flexibility index (Phi) is 6.45. The van der Waals surface area contributed by atoms with Gasteiger partial charge in [-0.05, 0) is 11.8 Å². The van der Waals surface area contributed by atoms with Gasteiger partial charge < -0.3 is 20.6 Å². The van der Waals surface area contributed by atoms with Crippen LogP contribution in [0.25, 0.3) is 0 Å². The molecule has 0 aromatic carbocycles. The lowest BCUT2D eigenvalue weighted by Gasteiger charge is -2.16. The van der Waals surface area contributed by atoms with Crippen molar-refractivity contribution in [2.24, 2.45) is 17.8 Å². The molecule has 7 heteroatoms. The first-order valence-electron chi connectivity index (χ1n) is 7.33. The predicted octanol–water partition coefficient (Wildman–Crippen LogP) is 0.511. The Bertz CT molecular complexity index is 398. The third kappa shape index (κ3) is 5.61. The van der Waals surface area contributed by atoms with Crippen molar-refractivity contribution in [3.63, 3.8) is 0 Å². The van der Waals surface area contributed by atoms with Crippen molar-refractivity contribution in [1.82, 2.24) is 15.5 Å². The lowest BCUT2D eigenvalue weighted by atomic mass is 9.99. The maximum atomic E-state index is 11.9. The van der Waals surface area contributed by atoms with Gasteiger partial charge in [-0.1, -0.05) is 20.8 Å². The number of nitrogens with zero attached hydrogens (tertiary/aromatic N) is 1. The molecular weight excluding hydrogens is 274 g/mol. The van der Waals surface area contributed by atoms with Crippen LogP contribution < -0.4 is 10.6 Å². The van der Waals surface area contributed by atoms with Crippen molar-refractivity contribution < 1.29 is 19.5 Å². The molecule has 1 saturated heterocycles. The SMILES string of the molecule is CC(C)CNC(=O)CCNC(=O)N1CC(C)C(C(=O)O)C1. The van der Waals surface area contributed by atoms with Crippen LogP contribution in [0.4, 0.5) is 4.79 Å². The highest BCUT2D eigenvalue weighted by atomic mass is 16.4. The minimum absolute atomic E-state index is 0.0532. The summed E-state index contributed by atoms with van der Waals surface area (Å²) in [6.07, 6.45) is 0.226. The van der Waals surface area contributed by atoms with Gasteiger partial charge in [-0.2, -0.15) is 0 Å². The molecule has 1 fully saturated rings. The number of amides is 3. The summed E-state index contributed by atoms with van der Waals surface area (Å²) in [7, 11) is 0. The van der Waals surface area contributed by atoms with Gasteiger partial charge in [0.15, 0.2) is 0 Å². The predicted molar refractivity (Wildman–Crippen MR) is 77.7 cm³/mol. The minimum Gasteiger partial charge on any atom is -0.481 e. The largest absolute Gasteiger partial charge is 0.481 e. The second-order valence-electron chi connectivity index (χ2n) is 6.01. The van der Waals surface area contributed by atoms with Crippen LogP contribution in [0.3, 0.4) is 0 Å². The van der Waals surface area contributed by atoms with E-state index in [0.29, 0.717) is 19.0 Å². The van der Waals surface area contributed by atoms with Crippen LogP contribution in [-0.4, -0.2) is 54.1 Å². The van der Waals surface area contributed by atoms with Crippen molar-refractivity contribution in [3.05, 3.63) is 0 Å². The van der Waals surface area contributed by atoms with Gasteiger partial charge in [-0.25, -0.2) is 4.79 Å². The van der Waals surface area contributed by atoms with Crippen molar-refractivity contribution in [3.8, 4) is 0 Å². The quantitative estimate of drug-likeness (QED) is 0.665. The maximum absolute atomic E-state index is 11.9. The number of hydrogen-bond donors (Lipinski definition) is 3. The van der Waals surface area contributed by atoms with E-state index in [1.165, 1.54) is 4.90 Å². The van der Waals surface area contributed by atoms with Crippen molar-refractivity contribution in [1.29, 1.82) is 0 Å². The molecule has 1 aliphatic rings. The summed E-state index contributed by atoms with van der Waals surface area (Å²) in [5, 5.41) is 14.5. The van der Waals surface area contributed by atoms with Gasteiger partial charge >= 0.3 is 12.0 Å². The van der Waals surface area contributed by atoms with E-state index in [-0.39, 0.29) is 37.4 Å². The van der Waals surface area contributed by atoms with Gasteiger partial charge in [-0.15, -0.1) is 0 Å². The molecule has 0 aromatic heterocycles. The number of aliphatic carboxylic acids is 1. The van der Waals surface area contributed by atoms with Crippen molar-refractivity contribution >= 4 is 17.9 Å². The average Bonchev–Trinajstić information content (AvgIpc) is 2.78. The zero-order valence-electron chi connectivity index (χ0n) is 12.9. The van der Waals surface area contributed by atoms with Gasteiger partial charge in [0.1, 0.15) is 0 Å². The van der Waals surface area contributed by atoms with Crippen LogP contribution in [0, 0.1) is 17.8 Å². The molecule has 21 heavy (non-hydrogen) atoms. The third-order valence-corrected chi connectivity index (χ3v) is 3.55. The number of carbonyl (C=O) groups excluding carboxylic acids is 2. The highest BCUT2D eigenvalue weighted by Crippen LogP contribution is 2.22. The molecule has 2 unspecified atom stereocenters. The Morgan fingerprint density at radius 3 is 2.43 bits per heavy atom. The summed E-state index contributed by atoms with van der Waals surface area (Å²) in [4.78, 5) is 35.9. The normalized spacial score (nSPS) is 21.4. The van der Waals surface area contributed by atoms with Gasteiger partial charge in [0.2, 0.25) is 5.91 Å². The molecule has 3 amide bonds. The van der Waals surface area contributed by atoms with E-state index in [4.69, 9.17) is 5.11 Å². The van der Waals surface area contributed by atoms with E-state index in [9.17, 15) is 14.4 Å². The van der Waals surface area contributed by atoms with Crippen LogP contribution >= 0.6 is 0 Å². The van der Waals surface area contributed by atoms with Crippen LogP contribution in [0.15, 0.2) is 0 Å². The first-order chi connectivity index (χ1) is 9.81. The standard InChI is InChI=1S/C14H25N3O4/c1-9(2)6-16-12(18)4-5-15-14(21)17-7-10(3)11(8-17)13(19)20/h9-11H,4-8H2,1-3H3,(H,15,21)(H,16,18)(H,19,20). The van der Waals surface area contributed by atoms with Crippen LogP contribution in [-0.2, 0) is 9.59 Å². The summed E-state index contributed by atoms with van der Waals surface area (Å²) >= 11 is 0. The van der Waals surface area contributed by atoms with Gasteiger partial charge in [-0.3, -0.25) is 9.59 Å². The van der Waals surface area contributed by atoms with Crippen molar-refractivity contribution in [2.45, 2.75) is 27.2 Å². The second kappa shape index (κ2) is 7.85. The fraction of sp³-hybridized carbons (Fsp3) is 0.786. The molecule has 0 aromatic rings. The number of rotatable bonds is 6. The number of carboxylic acid groups (broad SMARTS) is 1. The molecular formula is C14H25N3O4. The van der Waals surface area contributed by atoms with E-state index in [0.717, 1.165) is 0 Å². The number of carbonyl (C=O) groups is 3. The molecule has 1 rings (SSSR count). The molecule has 0 saturated carbocycles. The third-order valence-electron chi connectivity index (χ3n) is 3.55. The summed E-state index contributed by atoms with van der Waals surface area (Å²) in [6.45, 7) is 7.38. The van der Waals surface area contributed by atoms with E-state index in [1.807, 2.05) is 20.8 Å². The molecule has 0 aliphatic carbocycles. The van der Waals surface area contributed by atoms with Crippen LogP contribution in [0.2, 0.25) is 0 Å². The Morgan fingerprint density at radius 2 is 1.90 bits per heavy atom. The number of likely N-dealkylation sites (tertiary alicyclic amines) is 1. The number of urea groups is 1. The Balaban J connectivity index is 2.26. The highest BCUT2D eigenvalue weighted by Gasteiger charge is 2.36. The van der Waals surface area contributed by atoms with Crippen molar-refractivity contribution in [2.75, 3.05) is 26.2 Å². The summed E-state index contributed by atoms with van der Waals surface area (Å²) in [5.41, 5.74) is 0. The molecule has 1 aliphatic heterocycles. The van der Waals surface area contributed by atoms with E-state index >= 15 is 0 Å². The average molecular weight is 299 g/mol. The Hall–Kier alpha value is -1.79. The summed E-state index contributed by atoms with van der Waals surface area (Å²) < 4.78 is 0. The summed E-state index contributed by atoms with van der Waals surface area (Å²) in [6, 6.07) is -0.303. The van der Waals surface area contributed by atoms with Gasteiger partial charge in [0.25, 0.3) is 0 Å². The fourth-order valence-electron chi connectivity index (χ4n) is 2.26. The summed E-state index contributed by atoms with van der Waals surface area (Å²) in [5.74, 6) is -1.14. The first kappa shape index (κ1) is 17.3. The molecule has 3 N–H and O–H groups in total. The lowest BCUT2D eigenvalue weighted by molar-refractivity contribution is -0.142. The molecule has 0 spiro atoms. The molecule has 2 atom stereocenters. The van der Waals surface area contributed by atoms with Crippen LogP contribution in [0.1, 0.15) is 27.2 Å². The monoisotopic (exact) mass is 299 g/mol. The van der Waals surface area contributed by atoms with E-state index in [2.05, 4.69) is 10.6 Å². The molecule has 0 radical (unpaired) electrons. The second-order valence-corrected chi connectivity index (χ2v) is 6.01. The molecule has 0 bridgehead atoms. The number of carboxylic acids is 1. The molecule has 1 heterocycles. The number of nitrogens with one attached hydrogen (secondary N) is 2. The lowest BCUT2D eigenvalue weighted by Crippen LogP contribution is -2.40. The highest BCUT2D eigenvalue weighted by molar-refractivity contribution is 5.79. The van der Waals surface area contributed by atoms with E-state index < -0.39 is 11.9 Å². The van der Waals surface area contributed by atoms with Crippen LogP contribution in [0.5, 0.6) is 0 Å². The topological polar surface area (TPSA) is 98.7 Å². The maximum Gasteiger partial charge on any atom is 0.317 e.